The molecule has 0 aliphatic heterocycles. The number of rotatable bonds is 8. The number of methoxy groups -OCH3 is 1. The maximum absolute atomic E-state index is 11.6. The van der Waals surface area contributed by atoms with E-state index in [2.05, 4.69) is 32.6 Å². The summed E-state index contributed by atoms with van der Waals surface area (Å²) in [6.07, 6.45) is 1.21. The van der Waals surface area contributed by atoms with E-state index in [1.807, 2.05) is 32.9 Å². The Morgan fingerprint density at radius 2 is 2.12 bits per heavy atom. The number of ether oxygens (including phenoxy) is 2. The van der Waals surface area contributed by atoms with Gasteiger partial charge in [0.15, 0.2) is 0 Å². The second kappa shape index (κ2) is 10.3. The summed E-state index contributed by atoms with van der Waals surface area (Å²) >= 11 is 3.38. The van der Waals surface area contributed by atoms with Crippen LogP contribution in [0, 0.1) is 11.3 Å². The summed E-state index contributed by atoms with van der Waals surface area (Å²) in [5.41, 5.74) is 1.01. The number of nitrogens with zero attached hydrogens (tertiary/aromatic N) is 1. The second-order valence-corrected chi connectivity index (χ2v) is 7.53. The Morgan fingerprint density at radius 3 is 2.68 bits per heavy atom. The minimum Gasteiger partial charge on any atom is -0.444 e. The lowest BCUT2D eigenvalue weighted by atomic mass is 10.1. The molecule has 0 fully saturated rings. The molecule has 0 aliphatic rings. The molecule has 1 atom stereocenters. The normalized spacial score (nSPS) is 12.2. The van der Waals surface area contributed by atoms with E-state index in [1.165, 1.54) is 0 Å². The molecule has 1 aromatic carbocycles. The summed E-state index contributed by atoms with van der Waals surface area (Å²) in [7, 11) is 1.66. The Morgan fingerprint density at radius 1 is 1.40 bits per heavy atom. The first-order valence-corrected chi connectivity index (χ1v) is 8.96. The topological polar surface area (TPSA) is 83.4 Å². The molecule has 0 saturated heterocycles. The quantitative estimate of drug-likeness (QED) is 0.630. The van der Waals surface area contributed by atoms with Gasteiger partial charge in [-0.15, -0.1) is 0 Å². The Balaban J connectivity index is 2.46. The van der Waals surface area contributed by atoms with Gasteiger partial charge in [0.05, 0.1) is 12.2 Å². The monoisotopic (exact) mass is 411 g/mol. The lowest BCUT2D eigenvalue weighted by molar-refractivity contribution is 0.0526. The van der Waals surface area contributed by atoms with Gasteiger partial charge < -0.3 is 20.1 Å². The first-order chi connectivity index (χ1) is 11.7. The van der Waals surface area contributed by atoms with Crippen LogP contribution in [0.4, 0.5) is 10.5 Å². The predicted octanol–water partition coefficient (Wildman–Crippen LogP) is 4.05. The number of carbonyl (C=O) groups excluding carboxylic acids is 1. The Bertz CT molecular complexity index is 609. The number of hydrogen-bond donors (Lipinski definition) is 2. The fourth-order valence-corrected chi connectivity index (χ4v) is 2.65. The van der Waals surface area contributed by atoms with Crippen molar-refractivity contribution in [2.24, 2.45) is 0 Å². The second-order valence-electron chi connectivity index (χ2n) is 6.67. The van der Waals surface area contributed by atoms with Crippen molar-refractivity contribution >= 4 is 27.7 Å². The summed E-state index contributed by atoms with van der Waals surface area (Å²) in [5.74, 6) is 0. The molecule has 0 spiro atoms. The van der Waals surface area contributed by atoms with Crippen molar-refractivity contribution in [3.05, 3.63) is 28.2 Å². The molecule has 1 amide bonds. The molecule has 0 radical (unpaired) electrons. The van der Waals surface area contributed by atoms with Crippen LogP contribution >= 0.6 is 15.9 Å². The zero-order valence-electron chi connectivity index (χ0n) is 15.2. The van der Waals surface area contributed by atoms with E-state index in [4.69, 9.17) is 14.7 Å². The molecule has 138 valence electrons. The van der Waals surface area contributed by atoms with Crippen molar-refractivity contribution in [1.82, 2.24) is 5.32 Å². The third-order valence-electron chi connectivity index (χ3n) is 3.23. The Labute approximate surface area is 158 Å². The highest BCUT2D eigenvalue weighted by Crippen LogP contribution is 2.22. The van der Waals surface area contributed by atoms with Gasteiger partial charge in [-0.1, -0.05) is 0 Å². The molecule has 0 saturated carbocycles. The van der Waals surface area contributed by atoms with E-state index in [0.717, 1.165) is 23.0 Å². The summed E-state index contributed by atoms with van der Waals surface area (Å²) in [4.78, 5) is 11.6. The molecule has 6 nitrogen and oxygen atoms in total. The van der Waals surface area contributed by atoms with Gasteiger partial charge in [-0.3, -0.25) is 0 Å². The molecule has 0 bridgehead atoms. The van der Waals surface area contributed by atoms with Gasteiger partial charge in [-0.25, -0.2) is 4.79 Å². The summed E-state index contributed by atoms with van der Waals surface area (Å²) < 4.78 is 11.2. The van der Waals surface area contributed by atoms with Crippen molar-refractivity contribution in [2.45, 2.75) is 45.3 Å². The van der Waals surface area contributed by atoms with E-state index < -0.39 is 11.7 Å². The Kier molecular flexibility index (Phi) is 8.73. The first-order valence-electron chi connectivity index (χ1n) is 8.17. The largest absolute Gasteiger partial charge is 0.444 e. The van der Waals surface area contributed by atoms with Crippen LogP contribution in [-0.2, 0) is 9.47 Å². The Hall–Kier alpha value is -1.78. The molecular weight excluding hydrogens is 386 g/mol. The zero-order chi connectivity index (χ0) is 18.9. The zero-order valence-corrected chi connectivity index (χ0v) is 16.8. The molecule has 7 heteroatoms. The lowest BCUT2D eigenvalue weighted by Gasteiger charge is -2.21. The van der Waals surface area contributed by atoms with E-state index in [1.54, 1.807) is 13.2 Å². The van der Waals surface area contributed by atoms with Gasteiger partial charge in [-0.2, -0.15) is 5.26 Å². The highest BCUT2D eigenvalue weighted by molar-refractivity contribution is 9.10. The van der Waals surface area contributed by atoms with Crippen molar-refractivity contribution in [1.29, 1.82) is 5.26 Å². The van der Waals surface area contributed by atoms with Crippen molar-refractivity contribution < 1.29 is 14.3 Å². The molecule has 0 heterocycles. The maximum atomic E-state index is 11.6. The minimum absolute atomic E-state index is 0.102. The molecule has 2 N–H and O–H groups in total. The standard InChI is InChI=1S/C18H26BrN3O3/c1-18(2,3)25-17(23)21-9-5-6-15(12-24-4)22-14-8-7-13(11-20)16(19)10-14/h7-8,10,15,22H,5-6,9,12H2,1-4H3,(H,21,23). The molecule has 1 aromatic rings. The van der Waals surface area contributed by atoms with Crippen molar-refractivity contribution in [3.63, 3.8) is 0 Å². The minimum atomic E-state index is -0.493. The van der Waals surface area contributed by atoms with Gasteiger partial charge in [0.25, 0.3) is 0 Å². The average molecular weight is 412 g/mol. The molecule has 1 unspecified atom stereocenters. The maximum Gasteiger partial charge on any atom is 0.407 e. The molecular formula is C18H26BrN3O3. The number of nitrogens with one attached hydrogen (secondary N) is 2. The van der Waals surface area contributed by atoms with Crippen LogP contribution in [0.25, 0.3) is 0 Å². The highest BCUT2D eigenvalue weighted by atomic mass is 79.9. The fraction of sp³-hybridized carbons (Fsp3) is 0.556. The van der Waals surface area contributed by atoms with Gasteiger partial charge in [0.2, 0.25) is 0 Å². The van der Waals surface area contributed by atoms with Crippen LogP contribution in [-0.4, -0.2) is 38.0 Å². The first kappa shape index (κ1) is 21.3. The SMILES string of the molecule is COCC(CCCNC(=O)OC(C)(C)C)Nc1ccc(C#N)c(Br)c1. The van der Waals surface area contributed by atoms with Crippen LogP contribution in [0.1, 0.15) is 39.2 Å². The molecule has 0 aromatic heterocycles. The van der Waals surface area contributed by atoms with Crippen LogP contribution in [0.15, 0.2) is 22.7 Å². The van der Waals surface area contributed by atoms with Gasteiger partial charge >= 0.3 is 6.09 Å². The van der Waals surface area contributed by atoms with E-state index in [9.17, 15) is 4.79 Å². The predicted molar refractivity (Wildman–Crippen MR) is 102 cm³/mol. The van der Waals surface area contributed by atoms with Crippen LogP contribution in [0.2, 0.25) is 0 Å². The summed E-state index contributed by atoms with van der Waals surface area (Å²) in [6.45, 7) is 6.58. The number of benzene rings is 1. The number of nitriles is 1. The number of alkyl carbamates (subject to hydrolysis) is 1. The third kappa shape index (κ3) is 8.75. The van der Waals surface area contributed by atoms with Gasteiger partial charge in [0, 0.05) is 29.9 Å². The lowest BCUT2D eigenvalue weighted by Crippen LogP contribution is -2.33. The van der Waals surface area contributed by atoms with Gasteiger partial charge in [0.1, 0.15) is 11.7 Å². The van der Waals surface area contributed by atoms with Gasteiger partial charge in [-0.05, 0) is 67.7 Å². The number of amides is 1. The number of anilines is 1. The summed E-state index contributed by atoms with van der Waals surface area (Å²) in [6, 6.07) is 7.73. The molecule has 25 heavy (non-hydrogen) atoms. The van der Waals surface area contributed by atoms with Crippen LogP contribution in [0.5, 0.6) is 0 Å². The number of carbonyl (C=O) groups is 1. The van der Waals surface area contributed by atoms with Crippen LogP contribution in [0.3, 0.4) is 0 Å². The molecule has 0 aliphatic carbocycles. The number of halogens is 1. The highest BCUT2D eigenvalue weighted by Gasteiger charge is 2.16. The van der Waals surface area contributed by atoms with E-state index in [-0.39, 0.29) is 6.04 Å². The van der Waals surface area contributed by atoms with Crippen LogP contribution < -0.4 is 10.6 Å². The number of hydrogen-bond acceptors (Lipinski definition) is 5. The molecule has 1 rings (SSSR count). The summed E-state index contributed by atoms with van der Waals surface area (Å²) in [5, 5.41) is 15.1. The van der Waals surface area contributed by atoms with E-state index >= 15 is 0 Å². The van der Waals surface area contributed by atoms with E-state index in [0.29, 0.717) is 18.7 Å². The fourth-order valence-electron chi connectivity index (χ4n) is 2.18. The average Bonchev–Trinajstić information content (AvgIpc) is 2.50. The smallest absolute Gasteiger partial charge is 0.407 e. The third-order valence-corrected chi connectivity index (χ3v) is 3.88. The van der Waals surface area contributed by atoms with Crippen molar-refractivity contribution in [2.75, 3.05) is 25.6 Å². The van der Waals surface area contributed by atoms with Crippen molar-refractivity contribution in [3.8, 4) is 6.07 Å².